The molecule has 26 heavy (non-hydrogen) atoms. The third kappa shape index (κ3) is 5.90. The molecule has 0 aliphatic rings. The van der Waals surface area contributed by atoms with Crippen molar-refractivity contribution in [1.29, 1.82) is 0 Å². The van der Waals surface area contributed by atoms with Crippen molar-refractivity contribution in [2.45, 2.75) is 19.8 Å². The van der Waals surface area contributed by atoms with Gasteiger partial charge in [0, 0.05) is 21.8 Å². The van der Waals surface area contributed by atoms with Gasteiger partial charge in [0.1, 0.15) is 0 Å². The molecular formula is C20H19Cl2NO3. The second-order valence-corrected chi connectivity index (χ2v) is 6.74. The monoisotopic (exact) mass is 391 g/mol. The molecule has 0 radical (unpaired) electrons. The van der Waals surface area contributed by atoms with Gasteiger partial charge in [0.2, 0.25) is 0 Å². The first-order valence-electron chi connectivity index (χ1n) is 8.05. The molecule has 0 saturated heterocycles. The average Bonchev–Trinajstić information content (AvgIpc) is 2.59. The molecule has 6 heteroatoms. The molecule has 0 fully saturated rings. The molecule has 0 saturated carbocycles. The van der Waals surface area contributed by atoms with E-state index < -0.39 is 11.9 Å². The first kappa shape index (κ1) is 20.0. The predicted molar refractivity (Wildman–Crippen MR) is 106 cm³/mol. The third-order valence-corrected chi connectivity index (χ3v) is 4.13. The van der Waals surface area contributed by atoms with Crippen LogP contribution in [0.4, 0.5) is 5.69 Å². The highest BCUT2D eigenvalue weighted by Crippen LogP contribution is 2.24. The summed E-state index contributed by atoms with van der Waals surface area (Å²) in [5.41, 5.74) is 2.36. The van der Waals surface area contributed by atoms with Crippen molar-refractivity contribution in [3.05, 3.63) is 69.7 Å². The summed E-state index contributed by atoms with van der Waals surface area (Å²) in [4.78, 5) is 23.8. The van der Waals surface area contributed by atoms with Gasteiger partial charge in [-0.05, 0) is 41.3 Å². The average molecular weight is 392 g/mol. The second kappa shape index (κ2) is 9.41. The molecule has 1 amide bonds. The molecule has 4 nitrogen and oxygen atoms in total. The molecule has 0 unspecified atom stereocenters. The lowest BCUT2D eigenvalue weighted by atomic mass is 10.0. The Morgan fingerprint density at radius 1 is 1.15 bits per heavy atom. The van der Waals surface area contributed by atoms with Gasteiger partial charge < -0.3 is 10.1 Å². The summed E-state index contributed by atoms with van der Waals surface area (Å²) in [6.45, 7) is 3.71. The molecule has 0 aliphatic heterocycles. The molecule has 2 aromatic carbocycles. The van der Waals surface area contributed by atoms with Crippen LogP contribution in [0.3, 0.4) is 0 Å². The van der Waals surface area contributed by atoms with Gasteiger partial charge in [0.15, 0.2) is 6.61 Å². The number of nitrogens with one attached hydrogen (secondary N) is 1. The Labute approximate surface area is 162 Å². The van der Waals surface area contributed by atoms with Crippen LogP contribution >= 0.6 is 23.2 Å². The quantitative estimate of drug-likeness (QED) is 0.535. The molecule has 0 aliphatic carbocycles. The first-order valence-corrected chi connectivity index (χ1v) is 8.81. The fourth-order valence-corrected chi connectivity index (χ4v) is 2.75. The van der Waals surface area contributed by atoms with Gasteiger partial charge in [0.25, 0.3) is 5.91 Å². The number of para-hydroxylation sites is 1. The van der Waals surface area contributed by atoms with Crippen LogP contribution in [0.15, 0.2) is 48.5 Å². The van der Waals surface area contributed by atoms with Crippen LogP contribution in [0.25, 0.3) is 6.08 Å². The summed E-state index contributed by atoms with van der Waals surface area (Å²) in [6.07, 6.45) is 2.72. The number of halogens is 2. The Bertz CT molecular complexity index is 832. The number of esters is 1. The highest BCUT2D eigenvalue weighted by molar-refractivity contribution is 6.35. The van der Waals surface area contributed by atoms with Crippen molar-refractivity contribution in [1.82, 2.24) is 0 Å². The number of hydrogen-bond acceptors (Lipinski definition) is 3. The maximum Gasteiger partial charge on any atom is 0.331 e. The summed E-state index contributed by atoms with van der Waals surface area (Å²) in [6, 6.07) is 12.4. The number of amides is 1. The van der Waals surface area contributed by atoms with E-state index >= 15 is 0 Å². The largest absolute Gasteiger partial charge is 0.452 e. The molecule has 2 aromatic rings. The number of carbonyl (C=O) groups excluding carboxylic acids is 2. The minimum Gasteiger partial charge on any atom is -0.452 e. The van der Waals surface area contributed by atoms with Crippen LogP contribution < -0.4 is 5.32 Å². The summed E-state index contributed by atoms with van der Waals surface area (Å²) in [7, 11) is 0. The Morgan fingerprint density at radius 2 is 1.88 bits per heavy atom. The lowest BCUT2D eigenvalue weighted by molar-refractivity contribution is -0.142. The number of anilines is 1. The SMILES string of the molecule is CC(C)c1ccccc1NC(=O)COC(=O)C=Cc1ccc(Cl)cc1Cl. The number of hydrogen-bond donors (Lipinski definition) is 1. The van der Waals surface area contributed by atoms with Crippen molar-refractivity contribution < 1.29 is 14.3 Å². The lowest BCUT2D eigenvalue weighted by Crippen LogP contribution is -2.21. The van der Waals surface area contributed by atoms with Gasteiger partial charge in [-0.1, -0.05) is 61.3 Å². The van der Waals surface area contributed by atoms with Crippen LogP contribution in [0.5, 0.6) is 0 Å². The van der Waals surface area contributed by atoms with E-state index in [9.17, 15) is 9.59 Å². The predicted octanol–water partition coefficient (Wildman–Crippen LogP) is 5.31. The van der Waals surface area contributed by atoms with Crippen LogP contribution in [0.1, 0.15) is 30.9 Å². The lowest BCUT2D eigenvalue weighted by Gasteiger charge is -2.13. The Balaban J connectivity index is 1.89. The zero-order chi connectivity index (χ0) is 19.1. The molecule has 0 heterocycles. The van der Waals surface area contributed by atoms with E-state index in [4.69, 9.17) is 27.9 Å². The van der Waals surface area contributed by atoms with Gasteiger partial charge in [-0.15, -0.1) is 0 Å². The van der Waals surface area contributed by atoms with Gasteiger partial charge in [-0.3, -0.25) is 4.79 Å². The van der Waals surface area contributed by atoms with Crippen molar-refractivity contribution in [3.8, 4) is 0 Å². The highest BCUT2D eigenvalue weighted by atomic mass is 35.5. The molecule has 0 atom stereocenters. The maximum atomic E-state index is 12.0. The summed E-state index contributed by atoms with van der Waals surface area (Å²) in [5.74, 6) is -0.770. The summed E-state index contributed by atoms with van der Waals surface area (Å²) in [5, 5.41) is 3.69. The van der Waals surface area contributed by atoms with Crippen molar-refractivity contribution in [2.75, 3.05) is 11.9 Å². The number of carbonyl (C=O) groups is 2. The summed E-state index contributed by atoms with van der Waals surface area (Å²) >= 11 is 11.8. The van der Waals surface area contributed by atoms with E-state index in [1.807, 2.05) is 38.1 Å². The van der Waals surface area contributed by atoms with E-state index in [-0.39, 0.29) is 12.5 Å². The normalized spacial score (nSPS) is 11.0. The van der Waals surface area contributed by atoms with Crippen LogP contribution in [0, 0.1) is 0 Å². The van der Waals surface area contributed by atoms with Crippen molar-refractivity contribution in [3.63, 3.8) is 0 Å². The Morgan fingerprint density at radius 3 is 2.58 bits per heavy atom. The zero-order valence-electron chi connectivity index (χ0n) is 14.5. The van der Waals surface area contributed by atoms with Gasteiger partial charge in [-0.2, -0.15) is 0 Å². The van der Waals surface area contributed by atoms with Crippen LogP contribution in [0.2, 0.25) is 10.0 Å². The summed E-state index contributed by atoms with van der Waals surface area (Å²) < 4.78 is 4.95. The minimum absolute atomic E-state index is 0.265. The third-order valence-electron chi connectivity index (χ3n) is 3.56. The standard InChI is InChI=1S/C20H19Cl2NO3/c1-13(2)16-5-3-4-6-18(16)23-19(24)12-26-20(25)10-8-14-7-9-15(21)11-17(14)22/h3-11,13H,12H2,1-2H3,(H,23,24). The van der Waals surface area contributed by atoms with E-state index in [0.717, 1.165) is 5.56 Å². The van der Waals surface area contributed by atoms with E-state index in [0.29, 0.717) is 21.3 Å². The zero-order valence-corrected chi connectivity index (χ0v) is 16.0. The Kier molecular flexibility index (Phi) is 7.25. The molecule has 0 bridgehead atoms. The first-order chi connectivity index (χ1) is 12.4. The van der Waals surface area contributed by atoms with E-state index in [1.54, 1.807) is 18.2 Å². The number of ether oxygens (including phenoxy) is 1. The fraction of sp³-hybridized carbons (Fsp3) is 0.200. The smallest absolute Gasteiger partial charge is 0.331 e. The van der Waals surface area contributed by atoms with E-state index in [2.05, 4.69) is 5.32 Å². The molecule has 0 aromatic heterocycles. The van der Waals surface area contributed by atoms with Crippen LogP contribution in [-0.2, 0) is 14.3 Å². The van der Waals surface area contributed by atoms with Gasteiger partial charge >= 0.3 is 5.97 Å². The topological polar surface area (TPSA) is 55.4 Å². The van der Waals surface area contributed by atoms with Crippen LogP contribution in [-0.4, -0.2) is 18.5 Å². The molecular weight excluding hydrogens is 373 g/mol. The van der Waals surface area contributed by atoms with Gasteiger partial charge in [-0.25, -0.2) is 4.79 Å². The van der Waals surface area contributed by atoms with E-state index in [1.165, 1.54) is 12.2 Å². The molecule has 0 spiro atoms. The molecule has 1 N–H and O–H groups in total. The number of benzene rings is 2. The Hall–Kier alpha value is -2.30. The molecule has 2 rings (SSSR count). The fourth-order valence-electron chi connectivity index (χ4n) is 2.28. The molecule has 136 valence electrons. The minimum atomic E-state index is -0.636. The maximum absolute atomic E-state index is 12.0. The van der Waals surface area contributed by atoms with Gasteiger partial charge in [0.05, 0.1) is 0 Å². The van der Waals surface area contributed by atoms with Crippen molar-refractivity contribution in [2.24, 2.45) is 0 Å². The van der Waals surface area contributed by atoms with Crippen molar-refractivity contribution >= 4 is 46.8 Å². The number of rotatable bonds is 6. The second-order valence-electron chi connectivity index (χ2n) is 5.90. The highest BCUT2D eigenvalue weighted by Gasteiger charge is 2.10.